The van der Waals surface area contributed by atoms with Crippen molar-refractivity contribution in [2.75, 3.05) is 25.0 Å². The van der Waals surface area contributed by atoms with E-state index in [1.165, 1.54) is 4.90 Å². The minimum Gasteiger partial charge on any atom is -0.369 e. The Hall–Kier alpha value is -2.01. The maximum atomic E-state index is 12.5. The summed E-state index contributed by atoms with van der Waals surface area (Å²) in [7, 11) is 0. The molecule has 138 valence electrons. The minimum atomic E-state index is 0.101. The van der Waals surface area contributed by atoms with Crippen molar-refractivity contribution in [2.24, 2.45) is 5.92 Å². The summed E-state index contributed by atoms with van der Waals surface area (Å²) in [5, 5.41) is 3.79. The number of nitrogens with one attached hydrogen (secondary N) is 1. The van der Waals surface area contributed by atoms with Crippen LogP contribution in [-0.2, 0) is 0 Å². The molecule has 4 nitrogen and oxygen atoms in total. The summed E-state index contributed by atoms with van der Waals surface area (Å²) in [5.41, 5.74) is 0.678. The lowest BCUT2D eigenvalue weighted by Crippen LogP contribution is -2.37. The van der Waals surface area contributed by atoms with Gasteiger partial charge >= 0.3 is 0 Å². The highest BCUT2D eigenvalue weighted by atomic mass is 32.2. The molecule has 1 aliphatic rings. The maximum absolute atomic E-state index is 12.5. The Kier molecular flexibility index (Phi) is 6.56. The van der Waals surface area contributed by atoms with Crippen molar-refractivity contribution in [2.45, 2.75) is 36.8 Å². The lowest BCUT2D eigenvalue weighted by molar-refractivity contribution is 0.0697. The number of aromatic nitrogens is 1. The molecule has 0 saturated carbocycles. The number of carbonyl (C=O) groups excluding carboxylic acids is 1. The first-order chi connectivity index (χ1) is 12.6. The molecule has 0 spiro atoms. The third-order valence-corrected chi connectivity index (χ3v) is 5.85. The first-order valence-electron chi connectivity index (χ1n) is 9.32. The summed E-state index contributed by atoms with van der Waals surface area (Å²) in [6.07, 6.45) is 3.88. The molecule has 1 aromatic carbocycles. The molecule has 26 heavy (non-hydrogen) atoms. The molecule has 0 bridgehead atoms. The van der Waals surface area contributed by atoms with Crippen LogP contribution in [0.25, 0.3) is 0 Å². The van der Waals surface area contributed by atoms with Gasteiger partial charge in [-0.1, -0.05) is 32.0 Å². The van der Waals surface area contributed by atoms with Crippen molar-refractivity contribution in [1.82, 2.24) is 9.88 Å². The molecule has 1 unspecified atom stereocenters. The van der Waals surface area contributed by atoms with Gasteiger partial charge in [-0.15, -0.1) is 11.8 Å². The standard InChI is InChI=1S/C21H27N3OS/c1-16-10-12-24(13-11-16)21(25)18-8-9-20(23-15-18)22-14-17(2)26-19-6-4-3-5-7-19/h3-9,15-17H,10-14H2,1-2H3,(H,22,23). The Morgan fingerprint density at radius 3 is 2.62 bits per heavy atom. The monoisotopic (exact) mass is 369 g/mol. The zero-order valence-corrected chi connectivity index (χ0v) is 16.3. The summed E-state index contributed by atoms with van der Waals surface area (Å²) in [5.74, 6) is 1.64. The number of anilines is 1. The van der Waals surface area contributed by atoms with E-state index in [1.807, 2.05) is 34.9 Å². The molecular weight excluding hydrogens is 342 g/mol. The van der Waals surface area contributed by atoms with Gasteiger partial charge in [-0.2, -0.15) is 0 Å². The van der Waals surface area contributed by atoms with Crippen LogP contribution in [-0.4, -0.2) is 40.7 Å². The summed E-state index contributed by atoms with van der Waals surface area (Å²) >= 11 is 1.84. The van der Waals surface area contributed by atoms with Crippen LogP contribution in [0.4, 0.5) is 5.82 Å². The molecule has 5 heteroatoms. The average Bonchev–Trinajstić information content (AvgIpc) is 2.68. The Balaban J connectivity index is 1.49. The minimum absolute atomic E-state index is 0.101. The van der Waals surface area contributed by atoms with Crippen molar-refractivity contribution in [1.29, 1.82) is 0 Å². The number of pyridine rings is 1. The van der Waals surface area contributed by atoms with Gasteiger partial charge in [-0.3, -0.25) is 4.79 Å². The lowest BCUT2D eigenvalue weighted by Gasteiger charge is -2.30. The largest absolute Gasteiger partial charge is 0.369 e. The van der Waals surface area contributed by atoms with E-state index in [-0.39, 0.29) is 5.91 Å². The van der Waals surface area contributed by atoms with Gasteiger partial charge in [0.05, 0.1) is 5.56 Å². The fourth-order valence-corrected chi connectivity index (χ4v) is 3.99. The Labute approximate surface area is 160 Å². The molecule has 1 aliphatic heterocycles. The van der Waals surface area contributed by atoms with Crippen LogP contribution in [0, 0.1) is 5.92 Å². The van der Waals surface area contributed by atoms with E-state index < -0.39 is 0 Å². The zero-order valence-electron chi connectivity index (χ0n) is 15.5. The van der Waals surface area contributed by atoms with E-state index in [1.54, 1.807) is 6.20 Å². The number of likely N-dealkylation sites (tertiary alicyclic amines) is 1. The molecule has 2 heterocycles. The van der Waals surface area contributed by atoms with Crippen LogP contribution in [0.1, 0.15) is 37.0 Å². The molecule has 1 saturated heterocycles. The summed E-state index contributed by atoms with van der Waals surface area (Å²) < 4.78 is 0. The van der Waals surface area contributed by atoms with E-state index in [4.69, 9.17) is 0 Å². The van der Waals surface area contributed by atoms with E-state index in [0.717, 1.165) is 44.2 Å². The normalized spacial score (nSPS) is 16.3. The number of nitrogens with zero attached hydrogens (tertiary/aromatic N) is 2. The second-order valence-corrected chi connectivity index (χ2v) is 8.54. The van der Waals surface area contributed by atoms with Crippen LogP contribution in [0.5, 0.6) is 0 Å². The van der Waals surface area contributed by atoms with Crippen LogP contribution >= 0.6 is 11.8 Å². The third-order valence-electron chi connectivity index (χ3n) is 4.73. The van der Waals surface area contributed by atoms with E-state index >= 15 is 0 Å². The van der Waals surface area contributed by atoms with Crippen molar-refractivity contribution in [3.63, 3.8) is 0 Å². The number of piperidine rings is 1. The number of amides is 1. The summed E-state index contributed by atoms with van der Waals surface area (Å²) in [4.78, 5) is 20.2. The highest BCUT2D eigenvalue weighted by molar-refractivity contribution is 8.00. The molecule has 0 radical (unpaired) electrons. The van der Waals surface area contributed by atoms with Gasteiger partial charge in [0, 0.05) is 36.0 Å². The fourth-order valence-electron chi connectivity index (χ4n) is 3.04. The van der Waals surface area contributed by atoms with E-state index in [9.17, 15) is 4.79 Å². The molecule has 1 N–H and O–H groups in total. The quantitative estimate of drug-likeness (QED) is 0.759. The first kappa shape index (κ1) is 18.8. The number of rotatable bonds is 6. The van der Waals surface area contributed by atoms with Crippen LogP contribution in [0.3, 0.4) is 0 Å². The molecule has 0 aliphatic carbocycles. The maximum Gasteiger partial charge on any atom is 0.255 e. The molecule has 1 aromatic heterocycles. The van der Waals surface area contributed by atoms with E-state index in [0.29, 0.717) is 10.8 Å². The third kappa shape index (κ3) is 5.24. The van der Waals surface area contributed by atoms with Gasteiger partial charge in [0.25, 0.3) is 5.91 Å². The Bertz CT molecular complexity index is 697. The van der Waals surface area contributed by atoms with Crippen LogP contribution < -0.4 is 5.32 Å². The molecule has 1 fully saturated rings. The smallest absolute Gasteiger partial charge is 0.255 e. The van der Waals surface area contributed by atoms with Gasteiger partial charge in [-0.05, 0) is 43.0 Å². The number of hydrogen-bond acceptors (Lipinski definition) is 4. The second-order valence-electron chi connectivity index (χ2n) is 7.03. The van der Waals surface area contributed by atoms with Crippen molar-refractivity contribution >= 4 is 23.5 Å². The zero-order chi connectivity index (χ0) is 18.4. The predicted octanol–water partition coefficient (Wildman–Crippen LogP) is 4.55. The Morgan fingerprint density at radius 2 is 1.96 bits per heavy atom. The van der Waals surface area contributed by atoms with Gasteiger partial charge in [-0.25, -0.2) is 4.98 Å². The molecule has 2 aromatic rings. The average molecular weight is 370 g/mol. The predicted molar refractivity (Wildman–Crippen MR) is 109 cm³/mol. The van der Waals surface area contributed by atoms with E-state index in [2.05, 4.69) is 48.4 Å². The summed E-state index contributed by atoms with van der Waals surface area (Å²) in [6.45, 7) is 6.98. The summed E-state index contributed by atoms with van der Waals surface area (Å²) in [6, 6.07) is 14.2. The van der Waals surface area contributed by atoms with Crippen molar-refractivity contribution in [3.8, 4) is 0 Å². The van der Waals surface area contributed by atoms with Crippen LogP contribution in [0.2, 0.25) is 0 Å². The number of carbonyl (C=O) groups is 1. The molecule has 3 rings (SSSR count). The highest BCUT2D eigenvalue weighted by Crippen LogP contribution is 2.23. The topological polar surface area (TPSA) is 45.2 Å². The van der Waals surface area contributed by atoms with Gasteiger partial charge in [0.2, 0.25) is 0 Å². The van der Waals surface area contributed by atoms with Gasteiger partial charge in [0.1, 0.15) is 5.82 Å². The molecule has 1 atom stereocenters. The second kappa shape index (κ2) is 9.08. The van der Waals surface area contributed by atoms with Crippen molar-refractivity contribution < 1.29 is 4.79 Å². The Morgan fingerprint density at radius 1 is 1.23 bits per heavy atom. The molecular formula is C21H27N3OS. The van der Waals surface area contributed by atoms with Crippen molar-refractivity contribution in [3.05, 3.63) is 54.2 Å². The fraction of sp³-hybridized carbons (Fsp3) is 0.429. The molecule has 1 amide bonds. The SMILES string of the molecule is CC1CCN(C(=O)c2ccc(NCC(C)Sc3ccccc3)nc2)CC1. The first-order valence-corrected chi connectivity index (χ1v) is 10.2. The van der Waals surface area contributed by atoms with Gasteiger partial charge < -0.3 is 10.2 Å². The number of hydrogen-bond donors (Lipinski definition) is 1. The number of thioether (sulfide) groups is 1. The van der Waals surface area contributed by atoms with Crippen LogP contribution in [0.15, 0.2) is 53.6 Å². The van der Waals surface area contributed by atoms with Gasteiger partial charge in [0.15, 0.2) is 0 Å². The number of benzene rings is 1. The highest BCUT2D eigenvalue weighted by Gasteiger charge is 2.21. The lowest BCUT2D eigenvalue weighted by atomic mass is 9.99.